The van der Waals surface area contributed by atoms with E-state index in [0.29, 0.717) is 5.69 Å². The average Bonchev–Trinajstić information content (AvgIpc) is 2.32. The molecule has 0 aromatic heterocycles. The van der Waals surface area contributed by atoms with Crippen molar-refractivity contribution in [2.75, 3.05) is 11.9 Å². The van der Waals surface area contributed by atoms with Gasteiger partial charge in [-0.25, -0.2) is 9.18 Å². The molecule has 0 saturated carbocycles. The Labute approximate surface area is 106 Å². The molecular weight excluding hydrogens is 235 g/mol. The van der Waals surface area contributed by atoms with Crippen LogP contribution in [0.4, 0.5) is 14.9 Å². The number of carbonyl (C=O) groups excluding carboxylic acids is 1. The topological polar surface area (TPSA) is 64.3 Å². The van der Waals surface area contributed by atoms with Crippen LogP contribution in [0.25, 0.3) is 0 Å². The lowest BCUT2D eigenvalue weighted by atomic mass is 10.2. The molecule has 0 aliphatic rings. The molecule has 0 aliphatic heterocycles. The molecule has 0 saturated heterocycles. The van der Waals surface area contributed by atoms with Crippen molar-refractivity contribution >= 4 is 11.8 Å². The molecule has 3 N–H and O–H groups in total. The summed E-state index contributed by atoms with van der Waals surface area (Å²) < 4.78 is 18.0. The Bertz CT molecular complexity index is 397. The summed E-state index contributed by atoms with van der Waals surface area (Å²) in [6, 6.07) is 4.33. The quantitative estimate of drug-likeness (QED) is 0.734. The van der Waals surface area contributed by atoms with Crippen molar-refractivity contribution in [1.29, 1.82) is 0 Å². The first-order valence-electron chi connectivity index (χ1n) is 6.14. The number of halogens is 1. The van der Waals surface area contributed by atoms with E-state index in [9.17, 15) is 9.18 Å². The highest BCUT2D eigenvalue weighted by Crippen LogP contribution is 2.21. The van der Waals surface area contributed by atoms with Gasteiger partial charge in [0.1, 0.15) is 0 Å². The zero-order valence-electron chi connectivity index (χ0n) is 10.5. The lowest BCUT2D eigenvalue weighted by Gasteiger charge is -2.08. The molecule has 0 bridgehead atoms. The van der Waals surface area contributed by atoms with E-state index >= 15 is 0 Å². The van der Waals surface area contributed by atoms with Gasteiger partial charge in [-0.05, 0) is 18.6 Å². The normalized spacial score (nSPS) is 10.1. The molecule has 0 spiro atoms. The fraction of sp³-hybridized carbons (Fsp3) is 0.462. The van der Waals surface area contributed by atoms with Crippen molar-refractivity contribution in [1.82, 2.24) is 0 Å². The summed E-state index contributed by atoms with van der Waals surface area (Å²) in [7, 11) is 0. The molecule has 1 rings (SSSR count). The first-order valence-corrected chi connectivity index (χ1v) is 6.14. The highest BCUT2D eigenvalue weighted by molar-refractivity contribution is 5.68. The maximum absolute atomic E-state index is 13.5. The van der Waals surface area contributed by atoms with E-state index in [1.54, 1.807) is 6.07 Å². The standard InChI is InChI=1S/C13H19FN2O2/c1-2-3-4-5-8-16-10-6-7-12(11(14)9-10)18-13(15)17/h6-7,9,16H,2-5,8H2,1H3,(H2,15,17). The lowest BCUT2D eigenvalue weighted by molar-refractivity contribution is 0.208. The van der Waals surface area contributed by atoms with Crippen LogP contribution in [0.2, 0.25) is 0 Å². The molecule has 0 atom stereocenters. The van der Waals surface area contributed by atoms with Crippen LogP contribution in [0.5, 0.6) is 5.75 Å². The van der Waals surface area contributed by atoms with Crippen LogP contribution in [0.15, 0.2) is 18.2 Å². The van der Waals surface area contributed by atoms with E-state index in [0.717, 1.165) is 19.4 Å². The van der Waals surface area contributed by atoms with Crippen molar-refractivity contribution < 1.29 is 13.9 Å². The Morgan fingerprint density at radius 1 is 1.39 bits per heavy atom. The van der Waals surface area contributed by atoms with Gasteiger partial charge in [-0.15, -0.1) is 0 Å². The molecule has 100 valence electrons. The fourth-order valence-corrected chi connectivity index (χ4v) is 1.59. The molecule has 0 unspecified atom stereocenters. The number of unbranched alkanes of at least 4 members (excludes halogenated alkanes) is 3. The average molecular weight is 254 g/mol. The lowest BCUT2D eigenvalue weighted by Crippen LogP contribution is -2.17. The largest absolute Gasteiger partial charge is 0.410 e. The van der Waals surface area contributed by atoms with Gasteiger partial charge in [0.05, 0.1) is 0 Å². The Kier molecular flexibility index (Phi) is 5.97. The summed E-state index contributed by atoms with van der Waals surface area (Å²) in [5, 5.41) is 3.11. The summed E-state index contributed by atoms with van der Waals surface area (Å²) in [5.74, 6) is -0.758. The van der Waals surface area contributed by atoms with Gasteiger partial charge in [0.2, 0.25) is 0 Å². The number of hydrogen-bond acceptors (Lipinski definition) is 3. The van der Waals surface area contributed by atoms with Crippen LogP contribution in [0, 0.1) is 5.82 Å². The molecule has 1 aromatic carbocycles. The minimum absolute atomic E-state index is 0.154. The van der Waals surface area contributed by atoms with Gasteiger partial charge in [-0.1, -0.05) is 26.2 Å². The number of nitrogens with one attached hydrogen (secondary N) is 1. The summed E-state index contributed by atoms with van der Waals surface area (Å²) in [5.41, 5.74) is 5.48. The van der Waals surface area contributed by atoms with E-state index in [1.807, 2.05) is 0 Å². The van der Waals surface area contributed by atoms with Gasteiger partial charge in [0.15, 0.2) is 11.6 Å². The molecule has 0 aliphatic carbocycles. The summed E-state index contributed by atoms with van der Waals surface area (Å²) in [6.07, 6.45) is 3.59. The van der Waals surface area contributed by atoms with E-state index in [-0.39, 0.29) is 5.75 Å². The molecule has 0 fully saturated rings. The first-order chi connectivity index (χ1) is 8.63. The van der Waals surface area contributed by atoms with Crippen molar-refractivity contribution in [2.45, 2.75) is 32.6 Å². The van der Waals surface area contributed by atoms with Gasteiger partial charge in [0, 0.05) is 18.3 Å². The number of carbonyl (C=O) groups is 1. The number of ether oxygens (including phenoxy) is 1. The molecule has 1 aromatic rings. The van der Waals surface area contributed by atoms with Gasteiger partial charge < -0.3 is 15.8 Å². The van der Waals surface area contributed by atoms with Crippen molar-refractivity contribution in [3.05, 3.63) is 24.0 Å². The Morgan fingerprint density at radius 3 is 2.78 bits per heavy atom. The van der Waals surface area contributed by atoms with Crippen LogP contribution in [0.1, 0.15) is 32.6 Å². The van der Waals surface area contributed by atoms with Gasteiger partial charge in [-0.3, -0.25) is 0 Å². The monoisotopic (exact) mass is 254 g/mol. The molecule has 0 heterocycles. The maximum atomic E-state index is 13.5. The molecule has 18 heavy (non-hydrogen) atoms. The number of benzene rings is 1. The highest BCUT2D eigenvalue weighted by Gasteiger charge is 2.07. The second kappa shape index (κ2) is 7.53. The summed E-state index contributed by atoms with van der Waals surface area (Å²) >= 11 is 0. The number of amides is 1. The maximum Gasteiger partial charge on any atom is 0.410 e. The SMILES string of the molecule is CCCCCCNc1ccc(OC(N)=O)c(F)c1. The number of rotatable bonds is 7. The Balaban J connectivity index is 2.43. The smallest absolute Gasteiger partial charge is 0.407 e. The number of hydrogen-bond donors (Lipinski definition) is 2. The van der Waals surface area contributed by atoms with Crippen LogP contribution in [0.3, 0.4) is 0 Å². The van der Waals surface area contributed by atoms with Crippen LogP contribution in [-0.4, -0.2) is 12.6 Å². The minimum Gasteiger partial charge on any atom is -0.407 e. The van der Waals surface area contributed by atoms with Crippen molar-refractivity contribution in [2.24, 2.45) is 5.73 Å². The zero-order valence-corrected chi connectivity index (χ0v) is 10.5. The summed E-state index contributed by atoms with van der Waals surface area (Å²) in [4.78, 5) is 10.5. The third-order valence-corrected chi connectivity index (χ3v) is 2.50. The third-order valence-electron chi connectivity index (χ3n) is 2.50. The molecule has 4 nitrogen and oxygen atoms in total. The number of primary amides is 1. The predicted octanol–water partition coefficient (Wildman–Crippen LogP) is 3.28. The first kappa shape index (κ1) is 14.3. The van der Waals surface area contributed by atoms with E-state index in [1.165, 1.54) is 25.0 Å². The minimum atomic E-state index is -1.02. The number of anilines is 1. The molecule has 0 radical (unpaired) electrons. The van der Waals surface area contributed by atoms with Crippen LogP contribution in [-0.2, 0) is 0 Å². The van der Waals surface area contributed by atoms with E-state index < -0.39 is 11.9 Å². The Hall–Kier alpha value is -1.78. The van der Waals surface area contributed by atoms with Crippen molar-refractivity contribution in [3.63, 3.8) is 0 Å². The van der Waals surface area contributed by atoms with Gasteiger partial charge in [0.25, 0.3) is 0 Å². The number of nitrogens with two attached hydrogens (primary N) is 1. The fourth-order valence-electron chi connectivity index (χ4n) is 1.59. The van der Waals surface area contributed by atoms with E-state index in [2.05, 4.69) is 17.0 Å². The van der Waals surface area contributed by atoms with Crippen LogP contribution >= 0.6 is 0 Å². The second-order valence-corrected chi connectivity index (χ2v) is 4.05. The molecular formula is C13H19FN2O2. The third kappa shape index (κ3) is 5.03. The van der Waals surface area contributed by atoms with Gasteiger partial charge in [-0.2, -0.15) is 0 Å². The van der Waals surface area contributed by atoms with Gasteiger partial charge >= 0.3 is 6.09 Å². The Morgan fingerprint density at radius 2 is 2.17 bits per heavy atom. The zero-order chi connectivity index (χ0) is 13.4. The highest BCUT2D eigenvalue weighted by atomic mass is 19.1. The molecule has 5 heteroatoms. The summed E-state index contributed by atoms with van der Waals surface area (Å²) in [6.45, 7) is 2.95. The second-order valence-electron chi connectivity index (χ2n) is 4.05. The van der Waals surface area contributed by atoms with Crippen LogP contribution < -0.4 is 15.8 Å². The van der Waals surface area contributed by atoms with Crippen molar-refractivity contribution in [3.8, 4) is 5.75 Å². The molecule has 1 amide bonds. The van der Waals surface area contributed by atoms with E-state index in [4.69, 9.17) is 5.73 Å². The predicted molar refractivity (Wildman–Crippen MR) is 69.2 cm³/mol.